The van der Waals surface area contributed by atoms with Crippen LogP contribution in [0.3, 0.4) is 0 Å². The number of benzene rings is 1. The number of piperidine rings is 1. The Morgan fingerprint density at radius 3 is 3.00 bits per heavy atom. The number of fused-ring (bicyclic) bond motifs is 1. The highest BCUT2D eigenvalue weighted by Gasteiger charge is 2.15. The van der Waals surface area contributed by atoms with Crippen LogP contribution >= 0.6 is 0 Å². The van der Waals surface area contributed by atoms with Gasteiger partial charge in [-0.2, -0.15) is 0 Å². The Bertz CT molecular complexity index is 679. The zero-order chi connectivity index (χ0) is 16.8. The standard InChI is InChI=1S/C17H25N5O2/c1-24-10-9-19-16(23)13-3-2-4-14-15(13)22-17(21-14)20-11-12-5-7-18-8-6-12/h2-4,12,18H,5-11H2,1H3,(H,19,23)(H2,20,21,22). The Balaban J connectivity index is 1.68. The van der Waals surface area contributed by atoms with E-state index in [4.69, 9.17) is 4.74 Å². The van der Waals surface area contributed by atoms with Gasteiger partial charge in [-0.25, -0.2) is 4.98 Å². The molecule has 1 fully saturated rings. The molecule has 0 saturated carbocycles. The number of imidazole rings is 1. The van der Waals surface area contributed by atoms with Crippen LogP contribution in [0.5, 0.6) is 0 Å². The number of aromatic nitrogens is 2. The van der Waals surface area contributed by atoms with Crippen LogP contribution in [0, 0.1) is 5.92 Å². The van der Waals surface area contributed by atoms with E-state index in [0.717, 1.165) is 31.1 Å². The lowest BCUT2D eigenvalue weighted by Crippen LogP contribution is -2.31. The highest BCUT2D eigenvalue weighted by Crippen LogP contribution is 2.20. The molecule has 1 saturated heterocycles. The van der Waals surface area contributed by atoms with Crippen molar-refractivity contribution in [3.8, 4) is 0 Å². The molecule has 0 bridgehead atoms. The van der Waals surface area contributed by atoms with Gasteiger partial charge in [-0.1, -0.05) is 6.07 Å². The average Bonchev–Trinajstić information content (AvgIpc) is 3.04. The molecule has 2 heterocycles. The maximum absolute atomic E-state index is 12.3. The number of ether oxygens (including phenoxy) is 1. The molecule has 0 radical (unpaired) electrons. The van der Waals surface area contributed by atoms with Gasteiger partial charge in [-0.3, -0.25) is 4.79 Å². The number of nitrogens with one attached hydrogen (secondary N) is 4. The van der Waals surface area contributed by atoms with Gasteiger partial charge in [0.1, 0.15) is 5.52 Å². The van der Waals surface area contributed by atoms with Gasteiger partial charge in [0, 0.05) is 20.2 Å². The molecule has 7 heteroatoms. The predicted molar refractivity (Wildman–Crippen MR) is 94.4 cm³/mol. The van der Waals surface area contributed by atoms with Crippen LogP contribution in [0.15, 0.2) is 18.2 Å². The highest BCUT2D eigenvalue weighted by atomic mass is 16.5. The minimum absolute atomic E-state index is 0.131. The van der Waals surface area contributed by atoms with E-state index in [0.29, 0.717) is 30.1 Å². The number of anilines is 1. The number of hydrogen-bond donors (Lipinski definition) is 4. The molecule has 4 N–H and O–H groups in total. The summed E-state index contributed by atoms with van der Waals surface area (Å²) in [6.45, 7) is 4.04. The first-order valence-corrected chi connectivity index (χ1v) is 8.48. The first-order chi connectivity index (χ1) is 11.8. The number of carbonyl (C=O) groups is 1. The van der Waals surface area contributed by atoms with E-state index in [9.17, 15) is 4.79 Å². The molecule has 1 aromatic heterocycles. The SMILES string of the molecule is COCCNC(=O)c1cccc2[nH]c(NCC3CCNCC3)nc12. The second-order valence-corrected chi connectivity index (χ2v) is 6.11. The molecular weight excluding hydrogens is 306 g/mol. The first-order valence-electron chi connectivity index (χ1n) is 8.48. The molecule has 0 spiro atoms. The van der Waals surface area contributed by atoms with Crippen LogP contribution in [0.1, 0.15) is 23.2 Å². The topological polar surface area (TPSA) is 91.1 Å². The largest absolute Gasteiger partial charge is 0.383 e. The van der Waals surface area contributed by atoms with Gasteiger partial charge in [0.2, 0.25) is 5.95 Å². The number of hydrogen-bond acceptors (Lipinski definition) is 5. The summed E-state index contributed by atoms with van der Waals surface area (Å²) in [4.78, 5) is 20.1. The third-order valence-corrected chi connectivity index (χ3v) is 4.37. The Morgan fingerprint density at radius 1 is 1.38 bits per heavy atom. The summed E-state index contributed by atoms with van der Waals surface area (Å²) in [7, 11) is 1.61. The van der Waals surface area contributed by atoms with Gasteiger partial charge in [0.05, 0.1) is 17.7 Å². The van der Waals surface area contributed by atoms with Crippen molar-refractivity contribution in [3.63, 3.8) is 0 Å². The summed E-state index contributed by atoms with van der Waals surface area (Å²) in [6.07, 6.45) is 2.36. The monoisotopic (exact) mass is 331 g/mol. The van der Waals surface area contributed by atoms with E-state index < -0.39 is 0 Å². The third kappa shape index (κ3) is 4.04. The number of aromatic amines is 1. The summed E-state index contributed by atoms with van der Waals surface area (Å²) < 4.78 is 4.96. The Hall–Kier alpha value is -2.12. The van der Waals surface area contributed by atoms with Crippen molar-refractivity contribution in [2.45, 2.75) is 12.8 Å². The zero-order valence-corrected chi connectivity index (χ0v) is 14.0. The van der Waals surface area contributed by atoms with Crippen molar-refractivity contribution in [2.75, 3.05) is 45.2 Å². The first kappa shape index (κ1) is 16.7. The molecule has 0 aliphatic carbocycles. The molecule has 24 heavy (non-hydrogen) atoms. The van der Waals surface area contributed by atoms with E-state index in [2.05, 4.69) is 25.9 Å². The van der Waals surface area contributed by atoms with Crippen molar-refractivity contribution >= 4 is 22.9 Å². The van der Waals surface area contributed by atoms with Gasteiger partial charge in [-0.05, 0) is 44.0 Å². The van der Waals surface area contributed by atoms with Crippen LogP contribution in [-0.4, -0.2) is 55.8 Å². The number of carbonyl (C=O) groups excluding carboxylic acids is 1. The molecule has 1 amide bonds. The fourth-order valence-electron chi connectivity index (χ4n) is 2.99. The Kier molecular flexibility index (Phi) is 5.66. The maximum Gasteiger partial charge on any atom is 0.253 e. The van der Waals surface area contributed by atoms with Crippen molar-refractivity contribution in [2.24, 2.45) is 5.92 Å². The molecule has 0 atom stereocenters. The van der Waals surface area contributed by atoms with Crippen molar-refractivity contribution in [3.05, 3.63) is 23.8 Å². The van der Waals surface area contributed by atoms with E-state index in [-0.39, 0.29) is 5.91 Å². The summed E-state index contributed by atoms with van der Waals surface area (Å²) in [5, 5.41) is 9.59. The van der Waals surface area contributed by atoms with E-state index in [1.807, 2.05) is 12.1 Å². The van der Waals surface area contributed by atoms with Gasteiger partial charge in [0.25, 0.3) is 5.91 Å². The highest BCUT2D eigenvalue weighted by molar-refractivity contribution is 6.05. The summed E-state index contributed by atoms with van der Waals surface area (Å²) in [5.41, 5.74) is 2.14. The summed E-state index contributed by atoms with van der Waals surface area (Å²) in [5.74, 6) is 1.26. The molecule has 3 rings (SSSR count). The lowest BCUT2D eigenvalue weighted by Gasteiger charge is -2.22. The summed E-state index contributed by atoms with van der Waals surface area (Å²) >= 11 is 0. The number of methoxy groups -OCH3 is 1. The van der Waals surface area contributed by atoms with Gasteiger partial charge >= 0.3 is 0 Å². The lowest BCUT2D eigenvalue weighted by atomic mass is 9.98. The zero-order valence-electron chi connectivity index (χ0n) is 14.0. The lowest BCUT2D eigenvalue weighted by molar-refractivity contribution is 0.0938. The predicted octanol–water partition coefficient (Wildman–Crippen LogP) is 1.35. The van der Waals surface area contributed by atoms with Crippen LogP contribution in [-0.2, 0) is 4.74 Å². The average molecular weight is 331 g/mol. The van der Waals surface area contributed by atoms with Crippen LogP contribution in [0.4, 0.5) is 5.95 Å². The fourth-order valence-corrected chi connectivity index (χ4v) is 2.99. The van der Waals surface area contributed by atoms with E-state index in [1.165, 1.54) is 12.8 Å². The molecule has 1 aliphatic rings. The van der Waals surface area contributed by atoms with Crippen molar-refractivity contribution < 1.29 is 9.53 Å². The minimum Gasteiger partial charge on any atom is -0.383 e. The minimum atomic E-state index is -0.131. The number of H-pyrrole nitrogens is 1. The Labute approximate surface area is 141 Å². The molecule has 130 valence electrons. The molecule has 2 aromatic rings. The van der Waals surface area contributed by atoms with Crippen LogP contribution < -0.4 is 16.0 Å². The second kappa shape index (κ2) is 8.12. The number of para-hydroxylation sites is 1. The van der Waals surface area contributed by atoms with Gasteiger partial charge in [-0.15, -0.1) is 0 Å². The number of rotatable bonds is 7. The Morgan fingerprint density at radius 2 is 2.21 bits per heavy atom. The second-order valence-electron chi connectivity index (χ2n) is 6.11. The maximum atomic E-state index is 12.3. The summed E-state index contributed by atoms with van der Waals surface area (Å²) in [6, 6.07) is 5.59. The quantitative estimate of drug-likeness (QED) is 0.575. The van der Waals surface area contributed by atoms with Gasteiger partial charge < -0.3 is 25.7 Å². The van der Waals surface area contributed by atoms with Crippen molar-refractivity contribution in [1.82, 2.24) is 20.6 Å². The van der Waals surface area contributed by atoms with E-state index in [1.54, 1.807) is 13.2 Å². The molecule has 1 aliphatic heterocycles. The molecule has 0 unspecified atom stereocenters. The molecule has 7 nitrogen and oxygen atoms in total. The van der Waals surface area contributed by atoms with Gasteiger partial charge in [0.15, 0.2) is 0 Å². The van der Waals surface area contributed by atoms with Crippen LogP contribution in [0.25, 0.3) is 11.0 Å². The smallest absolute Gasteiger partial charge is 0.253 e. The fraction of sp³-hybridized carbons (Fsp3) is 0.529. The number of amides is 1. The van der Waals surface area contributed by atoms with Crippen molar-refractivity contribution in [1.29, 1.82) is 0 Å². The third-order valence-electron chi connectivity index (χ3n) is 4.37. The molecular formula is C17H25N5O2. The molecule has 1 aromatic carbocycles. The van der Waals surface area contributed by atoms with Crippen LogP contribution in [0.2, 0.25) is 0 Å². The normalized spacial score (nSPS) is 15.5. The number of nitrogens with zero attached hydrogens (tertiary/aromatic N) is 1. The van der Waals surface area contributed by atoms with E-state index >= 15 is 0 Å².